The first-order chi connectivity index (χ1) is 17.0. The average Bonchev–Trinajstić information content (AvgIpc) is 2.82. The van der Waals surface area contributed by atoms with E-state index in [4.69, 9.17) is 4.74 Å². The number of amides is 1. The largest absolute Gasteiger partial charge is 0.416 e. The Morgan fingerprint density at radius 2 is 2.00 bits per heavy atom. The molecule has 0 aliphatic carbocycles. The van der Waals surface area contributed by atoms with Gasteiger partial charge in [0.25, 0.3) is 11.5 Å². The molecule has 0 bridgehead atoms. The third-order valence-electron chi connectivity index (χ3n) is 5.90. The van der Waals surface area contributed by atoms with E-state index < -0.39 is 28.9 Å². The Morgan fingerprint density at radius 3 is 2.64 bits per heavy atom. The summed E-state index contributed by atoms with van der Waals surface area (Å²) in [4.78, 5) is 29.8. The van der Waals surface area contributed by atoms with Gasteiger partial charge in [-0.2, -0.15) is 13.2 Å². The molecule has 11 heteroatoms. The number of nitrogens with one attached hydrogen (secondary N) is 1. The first kappa shape index (κ1) is 25.5. The van der Waals surface area contributed by atoms with Crippen LogP contribution in [0, 0.1) is 6.92 Å². The molecule has 1 aromatic carbocycles. The Bertz CT molecular complexity index is 1350. The number of aliphatic hydroxyl groups is 1. The van der Waals surface area contributed by atoms with Gasteiger partial charge in [0, 0.05) is 41.7 Å². The SMILES string of the molecule is Cc1ncc(NC(=O)c2cccc(C(F)(F)F)c2)cc1-c1cc(C2(F)COC2)c(=O)n(CCCO)c1. The van der Waals surface area contributed by atoms with Gasteiger partial charge in [-0.15, -0.1) is 0 Å². The second-order valence-electron chi connectivity index (χ2n) is 8.57. The number of benzene rings is 1. The van der Waals surface area contributed by atoms with E-state index >= 15 is 4.39 Å². The lowest BCUT2D eigenvalue weighted by Crippen LogP contribution is -2.47. The topological polar surface area (TPSA) is 93.5 Å². The first-order valence-corrected chi connectivity index (χ1v) is 11.1. The summed E-state index contributed by atoms with van der Waals surface area (Å²) in [5.74, 6) is -0.763. The van der Waals surface area contributed by atoms with E-state index in [0.717, 1.165) is 18.2 Å². The molecular formula is C25H23F4N3O4. The second-order valence-corrected chi connectivity index (χ2v) is 8.57. The van der Waals surface area contributed by atoms with E-state index in [1.807, 2.05) is 0 Å². The number of halogens is 4. The Labute approximate surface area is 203 Å². The van der Waals surface area contributed by atoms with Crippen molar-refractivity contribution in [3.8, 4) is 11.1 Å². The third-order valence-corrected chi connectivity index (χ3v) is 5.90. The Morgan fingerprint density at radius 1 is 1.25 bits per heavy atom. The zero-order chi connectivity index (χ0) is 26.1. The summed E-state index contributed by atoms with van der Waals surface area (Å²) in [5, 5.41) is 11.7. The lowest BCUT2D eigenvalue weighted by molar-refractivity contribution is -0.137. The minimum absolute atomic E-state index is 0.0815. The summed E-state index contributed by atoms with van der Waals surface area (Å²) in [6.07, 6.45) is -1.44. The van der Waals surface area contributed by atoms with Gasteiger partial charge in [0.1, 0.15) is 0 Å². The van der Waals surface area contributed by atoms with Crippen molar-refractivity contribution in [1.29, 1.82) is 0 Å². The average molecular weight is 505 g/mol. The van der Waals surface area contributed by atoms with Crippen molar-refractivity contribution in [2.24, 2.45) is 0 Å². The number of anilines is 1. The molecule has 4 rings (SSSR count). The fraction of sp³-hybridized carbons (Fsp3) is 0.320. The van der Waals surface area contributed by atoms with Crippen LogP contribution in [0.5, 0.6) is 0 Å². The fourth-order valence-corrected chi connectivity index (χ4v) is 3.88. The zero-order valence-electron chi connectivity index (χ0n) is 19.2. The fourth-order valence-electron chi connectivity index (χ4n) is 3.88. The van der Waals surface area contributed by atoms with Gasteiger partial charge in [-0.05, 0) is 43.7 Å². The van der Waals surface area contributed by atoms with Crippen molar-refractivity contribution in [1.82, 2.24) is 9.55 Å². The monoisotopic (exact) mass is 505 g/mol. The van der Waals surface area contributed by atoms with Crippen LogP contribution in [0.4, 0.5) is 23.2 Å². The van der Waals surface area contributed by atoms with Gasteiger partial charge in [0.2, 0.25) is 0 Å². The number of hydrogen-bond acceptors (Lipinski definition) is 5. The summed E-state index contributed by atoms with van der Waals surface area (Å²) < 4.78 is 60.5. The van der Waals surface area contributed by atoms with Crippen LogP contribution in [0.2, 0.25) is 0 Å². The van der Waals surface area contributed by atoms with E-state index in [0.29, 0.717) is 16.8 Å². The van der Waals surface area contributed by atoms with Gasteiger partial charge in [-0.25, -0.2) is 4.39 Å². The van der Waals surface area contributed by atoms with Crippen LogP contribution in [0.1, 0.15) is 33.6 Å². The quantitative estimate of drug-likeness (QED) is 0.473. The van der Waals surface area contributed by atoms with Gasteiger partial charge in [-0.1, -0.05) is 6.07 Å². The molecule has 2 N–H and O–H groups in total. The van der Waals surface area contributed by atoms with Crippen molar-refractivity contribution in [3.05, 3.63) is 81.5 Å². The van der Waals surface area contributed by atoms with Crippen LogP contribution in [-0.4, -0.2) is 40.4 Å². The van der Waals surface area contributed by atoms with E-state index in [2.05, 4.69) is 10.3 Å². The smallest absolute Gasteiger partial charge is 0.396 e. The number of aliphatic hydroxyl groups excluding tert-OH is 1. The second kappa shape index (κ2) is 9.82. The standard InChI is InChI=1S/C25H23F4N3O4/c1-15-20(17-9-21(24(26)13-36-14-24)23(35)32(12-17)6-3-7-33)10-19(11-30-15)31-22(34)16-4-2-5-18(8-16)25(27,28)29/h2,4-5,8-12,33H,3,6-7,13-14H2,1H3,(H,31,34). The molecule has 0 radical (unpaired) electrons. The number of hydrogen-bond donors (Lipinski definition) is 2. The van der Waals surface area contributed by atoms with Gasteiger partial charge in [-0.3, -0.25) is 14.6 Å². The highest BCUT2D eigenvalue weighted by Crippen LogP contribution is 2.35. The highest BCUT2D eigenvalue weighted by molar-refractivity contribution is 6.04. The normalized spacial score (nSPS) is 14.8. The molecule has 2 aromatic heterocycles. The Kier molecular flexibility index (Phi) is 6.96. The molecule has 1 amide bonds. The predicted molar refractivity (Wildman–Crippen MR) is 123 cm³/mol. The molecule has 7 nitrogen and oxygen atoms in total. The number of pyridine rings is 2. The minimum atomic E-state index is -4.59. The van der Waals surface area contributed by atoms with Crippen LogP contribution in [0.3, 0.4) is 0 Å². The lowest BCUT2D eigenvalue weighted by atomic mass is 9.92. The summed E-state index contributed by atoms with van der Waals surface area (Å²) in [5.41, 5.74) is -2.03. The first-order valence-electron chi connectivity index (χ1n) is 11.1. The van der Waals surface area contributed by atoms with Crippen molar-refractivity contribution >= 4 is 11.6 Å². The van der Waals surface area contributed by atoms with Crippen molar-refractivity contribution in [2.75, 3.05) is 25.1 Å². The van der Waals surface area contributed by atoms with E-state index in [9.17, 15) is 27.9 Å². The summed E-state index contributed by atoms with van der Waals surface area (Å²) in [7, 11) is 0. The number of ether oxygens (including phenoxy) is 1. The van der Waals surface area contributed by atoms with Crippen molar-refractivity contribution in [2.45, 2.75) is 31.7 Å². The van der Waals surface area contributed by atoms with Crippen LogP contribution in [0.25, 0.3) is 11.1 Å². The third kappa shape index (κ3) is 5.17. The molecule has 36 heavy (non-hydrogen) atoms. The van der Waals surface area contributed by atoms with Crippen LogP contribution in [-0.2, 0) is 23.1 Å². The summed E-state index contributed by atoms with van der Waals surface area (Å²) in [6, 6.07) is 7.00. The molecule has 3 heterocycles. The molecule has 0 atom stereocenters. The molecule has 1 fully saturated rings. The molecule has 1 aliphatic heterocycles. The maximum absolute atomic E-state index is 15.2. The Hall–Kier alpha value is -3.57. The number of aromatic nitrogens is 2. The zero-order valence-corrected chi connectivity index (χ0v) is 19.2. The van der Waals surface area contributed by atoms with E-state index in [1.54, 1.807) is 13.0 Å². The van der Waals surface area contributed by atoms with Crippen LogP contribution < -0.4 is 10.9 Å². The molecule has 1 aliphatic rings. The van der Waals surface area contributed by atoms with Crippen molar-refractivity contribution < 1.29 is 32.2 Å². The summed E-state index contributed by atoms with van der Waals surface area (Å²) in [6.45, 7) is 1.18. The highest BCUT2D eigenvalue weighted by atomic mass is 19.4. The molecule has 190 valence electrons. The number of carbonyl (C=O) groups is 1. The lowest BCUT2D eigenvalue weighted by Gasteiger charge is -2.34. The van der Waals surface area contributed by atoms with Crippen LogP contribution >= 0.6 is 0 Å². The molecular weight excluding hydrogens is 482 g/mol. The number of nitrogens with zero attached hydrogens (tertiary/aromatic N) is 2. The van der Waals surface area contributed by atoms with E-state index in [1.165, 1.54) is 29.1 Å². The Balaban J connectivity index is 1.70. The molecule has 0 spiro atoms. The number of carbonyl (C=O) groups excluding carboxylic acids is 1. The summed E-state index contributed by atoms with van der Waals surface area (Å²) >= 11 is 0. The van der Waals surface area contributed by atoms with Crippen molar-refractivity contribution in [3.63, 3.8) is 0 Å². The van der Waals surface area contributed by atoms with E-state index in [-0.39, 0.29) is 49.6 Å². The number of alkyl halides is 4. The maximum atomic E-state index is 15.2. The van der Waals surface area contributed by atoms with Gasteiger partial charge in [0.05, 0.1) is 36.2 Å². The number of rotatable bonds is 7. The van der Waals surface area contributed by atoms with Crippen LogP contribution in [0.15, 0.2) is 53.6 Å². The van der Waals surface area contributed by atoms with Gasteiger partial charge < -0.3 is 19.7 Å². The maximum Gasteiger partial charge on any atom is 0.416 e. The molecule has 0 saturated carbocycles. The molecule has 3 aromatic rings. The highest BCUT2D eigenvalue weighted by Gasteiger charge is 2.43. The minimum Gasteiger partial charge on any atom is -0.396 e. The van der Waals surface area contributed by atoms with Gasteiger partial charge >= 0.3 is 6.18 Å². The molecule has 1 saturated heterocycles. The predicted octanol–water partition coefficient (Wildman–Crippen LogP) is 4.07. The molecule has 0 unspecified atom stereocenters. The number of aryl methyl sites for hydroxylation is 2. The van der Waals surface area contributed by atoms with Gasteiger partial charge in [0.15, 0.2) is 5.67 Å².